The number of rotatable bonds is 6. The van der Waals surface area contributed by atoms with Crippen LogP contribution < -0.4 is 0 Å². The first-order valence-corrected chi connectivity index (χ1v) is 7.98. The molecule has 0 atom stereocenters. The molecule has 0 aliphatic heterocycles. The molecule has 0 saturated carbocycles. The van der Waals surface area contributed by atoms with Crippen molar-refractivity contribution in [3.05, 3.63) is 66.3 Å². The van der Waals surface area contributed by atoms with Gasteiger partial charge in [0.15, 0.2) is 5.82 Å². The topological polar surface area (TPSA) is 77.0 Å². The highest BCUT2D eigenvalue weighted by molar-refractivity contribution is 5.91. The van der Waals surface area contributed by atoms with Gasteiger partial charge in [-0.25, -0.2) is 4.98 Å². The van der Waals surface area contributed by atoms with Gasteiger partial charge in [0, 0.05) is 37.6 Å². The van der Waals surface area contributed by atoms with Crippen molar-refractivity contribution in [2.45, 2.75) is 19.9 Å². The highest BCUT2D eigenvalue weighted by Crippen LogP contribution is 2.11. The van der Waals surface area contributed by atoms with E-state index in [1.165, 1.54) is 11.0 Å². The predicted molar refractivity (Wildman–Crippen MR) is 92.7 cm³/mol. The number of amides is 1. The van der Waals surface area contributed by atoms with Crippen molar-refractivity contribution in [3.63, 3.8) is 0 Å². The number of carbonyl (C=O) groups is 1. The fraction of sp³-hybridized carbons (Fsp3) is 0.222. The summed E-state index contributed by atoms with van der Waals surface area (Å²) in [7, 11) is 1.70. The molecule has 3 rings (SSSR count). The van der Waals surface area contributed by atoms with Crippen molar-refractivity contribution in [2.24, 2.45) is 0 Å². The summed E-state index contributed by atoms with van der Waals surface area (Å²) in [5, 5.41) is 3.82. The van der Waals surface area contributed by atoms with Crippen molar-refractivity contribution in [3.8, 4) is 5.69 Å². The summed E-state index contributed by atoms with van der Waals surface area (Å²) in [6, 6.07) is 7.84. The summed E-state index contributed by atoms with van der Waals surface area (Å²) >= 11 is 0. The van der Waals surface area contributed by atoms with E-state index >= 15 is 0 Å². The quantitative estimate of drug-likeness (QED) is 0.646. The minimum Gasteiger partial charge on any atom is -0.337 e. The molecule has 0 fully saturated rings. The molecule has 2 aromatic heterocycles. The molecule has 2 heterocycles. The molecule has 0 radical (unpaired) electrons. The first-order valence-electron chi connectivity index (χ1n) is 7.98. The van der Waals surface area contributed by atoms with E-state index in [2.05, 4.69) is 15.1 Å². The lowest BCUT2D eigenvalue weighted by Gasteiger charge is -2.11. The molecule has 7 heteroatoms. The first-order chi connectivity index (χ1) is 12.2. The van der Waals surface area contributed by atoms with E-state index < -0.39 is 0 Å². The maximum Gasteiger partial charge on any atom is 0.246 e. The zero-order valence-corrected chi connectivity index (χ0v) is 14.2. The summed E-state index contributed by atoms with van der Waals surface area (Å²) in [5.74, 6) is 0.949. The molecule has 0 aliphatic rings. The average molecular weight is 337 g/mol. The van der Waals surface area contributed by atoms with E-state index in [-0.39, 0.29) is 12.5 Å². The average Bonchev–Trinajstić information content (AvgIpc) is 3.31. The number of hydrogen-bond donors (Lipinski definition) is 0. The first kappa shape index (κ1) is 16.6. The third kappa shape index (κ3) is 4.20. The minimum absolute atomic E-state index is 0.130. The Morgan fingerprint density at radius 2 is 2.12 bits per heavy atom. The Balaban J connectivity index is 1.59. The Morgan fingerprint density at radius 1 is 1.32 bits per heavy atom. The molecule has 1 amide bonds. The van der Waals surface area contributed by atoms with Gasteiger partial charge in [0.1, 0.15) is 0 Å². The number of hydrogen-bond acceptors (Lipinski definition) is 5. The molecule has 7 nitrogen and oxygen atoms in total. The van der Waals surface area contributed by atoms with E-state index in [9.17, 15) is 4.79 Å². The summed E-state index contributed by atoms with van der Waals surface area (Å²) in [6.07, 6.45) is 9.37. The van der Waals surface area contributed by atoms with E-state index in [4.69, 9.17) is 4.52 Å². The van der Waals surface area contributed by atoms with Gasteiger partial charge in [-0.15, -0.1) is 0 Å². The summed E-state index contributed by atoms with van der Waals surface area (Å²) in [6.45, 7) is 2.24. The predicted octanol–water partition coefficient (Wildman–Crippen LogP) is 2.49. The number of imidazole rings is 1. The lowest BCUT2D eigenvalue weighted by atomic mass is 10.2. The summed E-state index contributed by atoms with van der Waals surface area (Å²) < 4.78 is 7.02. The van der Waals surface area contributed by atoms with Crippen LogP contribution in [0.4, 0.5) is 0 Å². The molecule has 0 aliphatic carbocycles. The number of likely N-dealkylation sites (N-methyl/N-ethyl adjacent to an activating group) is 1. The van der Waals surface area contributed by atoms with Crippen LogP contribution >= 0.6 is 0 Å². The zero-order valence-electron chi connectivity index (χ0n) is 14.2. The van der Waals surface area contributed by atoms with Gasteiger partial charge in [-0.05, 0) is 23.8 Å². The van der Waals surface area contributed by atoms with Crippen LogP contribution in [0.3, 0.4) is 0 Å². The molecule has 0 N–H and O–H groups in total. The summed E-state index contributed by atoms with van der Waals surface area (Å²) in [4.78, 5) is 21.9. The molecular weight excluding hydrogens is 318 g/mol. The molecular formula is C18H19N5O2. The highest BCUT2D eigenvalue weighted by Gasteiger charge is 2.11. The Hall–Kier alpha value is -3.22. The lowest BCUT2D eigenvalue weighted by Crippen LogP contribution is -2.24. The number of carbonyl (C=O) groups excluding carboxylic acids is 1. The molecule has 0 saturated heterocycles. The van der Waals surface area contributed by atoms with Gasteiger partial charge in [-0.2, -0.15) is 4.98 Å². The normalized spacial score (nSPS) is 11.1. The van der Waals surface area contributed by atoms with Crippen LogP contribution in [-0.4, -0.2) is 37.5 Å². The molecule has 0 bridgehead atoms. The van der Waals surface area contributed by atoms with Crippen molar-refractivity contribution >= 4 is 12.0 Å². The molecule has 0 unspecified atom stereocenters. The monoisotopic (exact) mass is 337 g/mol. The van der Waals surface area contributed by atoms with Gasteiger partial charge in [0.25, 0.3) is 0 Å². The highest BCUT2D eigenvalue weighted by atomic mass is 16.5. The number of nitrogens with zero attached hydrogens (tertiary/aromatic N) is 5. The molecule has 0 spiro atoms. The van der Waals surface area contributed by atoms with Crippen LogP contribution in [0.2, 0.25) is 0 Å². The number of aryl methyl sites for hydroxylation is 1. The zero-order chi connectivity index (χ0) is 17.6. The maximum absolute atomic E-state index is 12.2. The number of aromatic nitrogens is 4. The van der Waals surface area contributed by atoms with Gasteiger partial charge in [-0.1, -0.05) is 24.2 Å². The van der Waals surface area contributed by atoms with Crippen LogP contribution in [0.15, 0.2) is 53.6 Å². The van der Waals surface area contributed by atoms with E-state index in [1.807, 2.05) is 42.0 Å². The van der Waals surface area contributed by atoms with Crippen molar-refractivity contribution < 1.29 is 9.32 Å². The van der Waals surface area contributed by atoms with Crippen LogP contribution in [0.25, 0.3) is 11.8 Å². The second kappa shape index (κ2) is 7.57. The van der Waals surface area contributed by atoms with Crippen molar-refractivity contribution in [1.29, 1.82) is 0 Å². The second-order valence-corrected chi connectivity index (χ2v) is 5.55. The molecule has 25 heavy (non-hydrogen) atoms. The van der Waals surface area contributed by atoms with Gasteiger partial charge in [0.05, 0.1) is 12.9 Å². The van der Waals surface area contributed by atoms with E-state index in [1.54, 1.807) is 25.6 Å². The largest absolute Gasteiger partial charge is 0.337 e. The fourth-order valence-corrected chi connectivity index (χ4v) is 2.24. The van der Waals surface area contributed by atoms with Gasteiger partial charge >= 0.3 is 0 Å². The van der Waals surface area contributed by atoms with Crippen molar-refractivity contribution in [1.82, 2.24) is 24.6 Å². The van der Waals surface area contributed by atoms with Gasteiger partial charge in [0.2, 0.25) is 11.8 Å². The lowest BCUT2D eigenvalue weighted by molar-refractivity contribution is -0.125. The van der Waals surface area contributed by atoms with E-state index in [0.717, 1.165) is 11.3 Å². The Morgan fingerprint density at radius 3 is 2.76 bits per heavy atom. The smallest absolute Gasteiger partial charge is 0.246 e. The van der Waals surface area contributed by atoms with Crippen LogP contribution in [0.1, 0.15) is 24.2 Å². The van der Waals surface area contributed by atoms with Gasteiger partial charge < -0.3 is 14.0 Å². The SMILES string of the molecule is CCc1noc(CN(C)C(=O)/C=C\c2ccc(-n3ccnc3)cc2)n1. The maximum atomic E-state index is 12.2. The van der Waals surface area contributed by atoms with Crippen LogP contribution in [0, 0.1) is 0 Å². The van der Waals surface area contributed by atoms with E-state index in [0.29, 0.717) is 18.1 Å². The molecule has 3 aromatic rings. The minimum atomic E-state index is -0.130. The van der Waals surface area contributed by atoms with Gasteiger partial charge in [-0.3, -0.25) is 4.79 Å². The van der Waals surface area contributed by atoms with Crippen LogP contribution in [-0.2, 0) is 17.8 Å². The standard InChI is InChI=1S/C18H19N5O2/c1-3-16-20-17(25-21-16)12-22(2)18(24)9-6-14-4-7-15(8-5-14)23-11-10-19-13-23/h4-11,13H,3,12H2,1-2H3/b9-6-. The molecule has 128 valence electrons. The van der Waals surface area contributed by atoms with Crippen molar-refractivity contribution in [2.75, 3.05) is 7.05 Å². The number of benzene rings is 1. The third-order valence-corrected chi connectivity index (χ3v) is 3.69. The Kier molecular flexibility index (Phi) is 5.03. The second-order valence-electron chi connectivity index (χ2n) is 5.55. The fourth-order valence-electron chi connectivity index (χ4n) is 2.24. The Labute approximate surface area is 145 Å². The third-order valence-electron chi connectivity index (χ3n) is 3.69. The van der Waals surface area contributed by atoms with Crippen LogP contribution in [0.5, 0.6) is 0 Å². The molecule has 1 aromatic carbocycles. The Bertz CT molecular complexity index is 850. The summed E-state index contributed by atoms with van der Waals surface area (Å²) in [5.41, 5.74) is 1.96.